The molecular weight excluding hydrogens is 302 g/mol. The number of carbonyl (C=O) groups is 2. The van der Waals surface area contributed by atoms with Gasteiger partial charge in [0.2, 0.25) is 11.8 Å². The zero-order valence-electron chi connectivity index (χ0n) is 16.9. The third-order valence-corrected chi connectivity index (χ3v) is 4.35. The van der Waals surface area contributed by atoms with Crippen molar-refractivity contribution in [2.45, 2.75) is 58.8 Å². The van der Waals surface area contributed by atoms with E-state index in [1.807, 2.05) is 18.9 Å². The normalized spacial score (nSPS) is 11.4. The van der Waals surface area contributed by atoms with Crippen LogP contribution in [0.25, 0.3) is 0 Å². The Morgan fingerprint density at radius 2 is 1.42 bits per heavy atom. The van der Waals surface area contributed by atoms with E-state index < -0.39 is 0 Å². The molecule has 5 heteroatoms. The van der Waals surface area contributed by atoms with Gasteiger partial charge < -0.3 is 14.3 Å². The van der Waals surface area contributed by atoms with E-state index in [0.717, 1.165) is 30.5 Å². The Hall–Kier alpha value is -1.10. The van der Waals surface area contributed by atoms with Gasteiger partial charge in [0.15, 0.2) is 0 Å². The summed E-state index contributed by atoms with van der Waals surface area (Å²) in [7, 11) is 8.22. The SMILES string of the molecule is CCCCCCCN(C)C(=O)CCC(=O)N(CC)CC[N+](C)(C)C. The largest absolute Gasteiger partial charge is 0.346 e. The maximum absolute atomic E-state index is 12.3. The molecule has 2 amide bonds. The second kappa shape index (κ2) is 12.3. The van der Waals surface area contributed by atoms with Crippen LogP contribution in [0.15, 0.2) is 0 Å². The Bertz CT molecular complexity index is 364. The second-order valence-electron chi connectivity index (χ2n) is 7.72. The van der Waals surface area contributed by atoms with E-state index in [1.165, 1.54) is 25.7 Å². The molecule has 0 rings (SSSR count). The van der Waals surface area contributed by atoms with Gasteiger partial charge in [0.05, 0.1) is 34.2 Å². The summed E-state index contributed by atoms with van der Waals surface area (Å²) in [5.41, 5.74) is 0. The summed E-state index contributed by atoms with van der Waals surface area (Å²) in [5, 5.41) is 0. The van der Waals surface area contributed by atoms with E-state index in [-0.39, 0.29) is 11.8 Å². The molecule has 142 valence electrons. The molecule has 0 spiro atoms. The van der Waals surface area contributed by atoms with Crippen LogP contribution in [0.2, 0.25) is 0 Å². The van der Waals surface area contributed by atoms with E-state index in [0.29, 0.717) is 19.4 Å². The van der Waals surface area contributed by atoms with Gasteiger partial charge in [-0.25, -0.2) is 0 Å². The van der Waals surface area contributed by atoms with Crippen LogP contribution in [-0.4, -0.2) is 80.5 Å². The minimum absolute atomic E-state index is 0.0847. The predicted molar refractivity (Wildman–Crippen MR) is 101 cm³/mol. The minimum Gasteiger partial charge on any atom is -0.346 e. The van der Waals surface area contributed by atoms with Crippen LogP contribution in [-0.2, 0) is 9.59 Å². The topological polar surface area (TPSA) is 40.6 Å². The highest BCUT2D eigenvalue weighted by Crippen LogP contribution is 2.06. The summed E-state index contributed by atoms with van der Waals surface area (Å²) in [6, 6.07) is 0. The van der Waals surface area contributed by atoms with Gasteiger partial charge in [0.1, 0.15) is 0 Å². The lowest BCUT2D eigenvalue weighted by atomic mass is 10.1. The Morgan fingerprint density at radius 1 is 0.833 bits per heavy atom. The van der Waals surface area contributed by atoms with Crippen molar-refractivity contribution < 1.29 is 14.1 Å². The number of nitrogens with zero attached hydrogens (tertiary/aromatic N) is 3. The predicted octanol–water partition coefficient (Wildman–Crippen LogP) is 2.75. The summed E-state index contributed by atoms with van der Waals surface area (Å²) in [6.07, 6.45) is 6.63. The number of carbonyl (C=O) groups excluding carboxylic acids is 2. The fraction of sp³-hybridized carbons (Fsp3) is 0.895. The van der Waals surface area contributed by atoms with Crippen molar-refractivity contribution in [3.63, 3.8) is 0 Å². The van der Waals surface area contributed by atoms with E-state index >= 15 is 0 Å². The Labute approximate surface area is 149 Å². The lowest BCUT2D eigenvalue weighted by Gasteiger charge is -2.28. The third-order valence-electron chi connectivity index (χ3n) is 4.35. The molecule has 0 atom stereocenters. The number of quaternary nitrogens is 1. The van der Waals surface area contributed by atoms with E-state index in [2.05, 4.69) is 28.1 Å². The van der Waals surface area contributed by atoms with E-state index in [9.17, 15) is 9.59 Å². The molecule has 5 nitrogen and oxygen atoms in total. The molecule has 24 heavy (non-hydrogen) atoms. The van der Waals surface area contributed by atoms with Gasteiger partial charge in [0.25, 0.3) is 0 Å². The lowest BCUT2D eigenvalue weighted by molar-refractivity contribution is -0.869. The molecule has 0 heterocycles. The van der Waals surface area contributed by atoms with Crippen LogP contribution in [0.3, 0.4) is 0 Å². The highest BCUT2D eigenvalue weighted by atomic mass is 16.2. The van der Waals surface area contributed by atoms with Gasteiger partial charge in [-0.3, -0.25) is 9.59 Å². The minimum atomic E-state index is 0.0847. The highest BCUT2D eigenvalue weighted by Gasteiger charge is 2.18. The smallest absolute Gasteiger partial charge is 0.223 e. The molecule has 0 N–H and O–H groups in total. The Morgan fingerprint density at radius 3 is 1.96 bits per heavy atom. The number of rotatable bonds is 13. The molecule has 0 aliphatic rings. The molecule has 0 unspecified atom stereocenters. The van der Waals surface area contributed by atoms with Crippen LogP contribution >= 0.6 is 0 Å². The zero-order valence-corrected chi connectivity index (χ0v) is 16.9. The molecule has 0 fully saturated rings. The Balaban J connectivity index is 4.06. The van der Waals surface area contributed by atoms with Crippen molar-refractivity contribution >= 4 is 11.8 Å². The molecule has 0 saturated carbocycles. The number of hydrogen-bond donors (Lipinski definition) is 0. The van der Waals surface area contributed by atoms with Gasteiger partial charge in [-0.15, -0.1) is 0 Å². The summed E-state index contributed by atoms with van der Waals surface area (Å²) in [6.45, 7) is 7.38. The summed E-state index contributed by atoms with van der Waals surface area (Å²) in [5.74, 6) is 0.178. The first kappa shape index (κ1) is 22.9. The second-order valence-corrected chi connectivity index (χ2v) is 7.72. The summed E-state index contributed by atoms with van der Waals surface area (Å²) >= 11 is 0. The average molecular weight is 343 g/mol. The van der Waals surface area contributed by atoms with Crippen LogP contribution in [0.5, 0.6) is 0 Å². The first-order valence-electron chi connectivity index (χ1n) is 9.53. The van der Waals surface area contributed by atoms with Gasteiger partial charge in [0, 0.05) is 33.0 Å². The molecular formula is C19H40N3O2+. The average Bonchev–Trinajstić information content (AvgIpc) is 2.51. The monoisotopic (exact) mass is 342 g/mol. The molecule has 0 aromatic heterocycles. The van der Waals surface area contributed by atoms with Gasteiger partial charge >= 0.3 is 0 Å². The fourth-order valence-corrected chi connectivity index (χ4v) is 2.52. The number of unbranched alkanes of at least 4 members (excludes halogenated alkanes) is 4. The molecule has 0 radical (unpaired) electrons. The van der Waals surface area contributed by atoms with Crippen molar-refractivity contribution in [3.05, 3.63) is 0 Å². The molecule has 0 aromatic carbocycles. The van der Waals surface area contributed by atoms with E-state index in [1.54, 1.807) is 4.90 Å². The molecule has 0 bridgehead atoms. The quantitative estimate of drug-likeness (QED) is 0.381. The third kappa shape index (κ3) is 11.4. The number of hydrogen-bond acceptors (Lipinski definition) is 2. The maximum Gasteiger partial charge on any atom is 0.223 e. The fourth-order valence-electron chi connectivity index (χ4n) is 2.52. The first-order valence-corrected chi connectivity index (χ1v) is 9.53. The highest BCUT2D eigenvalue weighted by molar-refractivity contribution is 5.83. The van der Waals surface area contributed by atoms with E-state index in [4.69, 9.17) is 0 Å². The molecule has 0 aliphatic carbocycles. The van der Waals surface area contributed by atoms with Crippen molar-refractivity contribution in [3.8, 4) is 0 Å². The molecule has 0 aliphatic heterocycles. The lowest BCUT2D eigenvalue weighted by Crippen LogP contribution is -2.44. The molecule has 0 saturated heterocycles. The van der Waals surface area contributed by atoms with Crippen LogP contribution in [0, 0.1) is 0 Å². The van der Waals surface area contributed by atoms with Crippen LogP contribution < -0.4 is 0 Å². The standard InChI is InChI=1S/C19H40N3O2/c1-7-9-10-11-12-15-20(3)18(23)13-14-19(24)21(8-2)16-17-22(4,5)6/h7-17H2,1-6H3/q+1. The van der Waals surface area contributed by atoms with Crippen LogP contribution in [0.1, 0.15) is 58.8 Å². The van der Waals surface area contributed by atoms with Crippen molar-refractivity contribution in [1.82, 2.24) is 9.80 Å². The maximum atomic E-state index is 12.3. The van der Waals surface area contributed by atoms with Crippen molar-refractivity contribution in [2.24, 2.45) is 0 Å². The number of amides is 2. The van der Waals surface area contributed by atoms with Crippen molar-refractivity contribution in [1.29, 1.82) is 0 Å². The van der Waals surface area contributed by atoms with Crippen molar-refractivity contribution in [2.75, 3.05) is 54.4 Å². The first-order chi connectivity index (χ1) is 11.2. The van der Waals surface area contributed by atoms with Gasteiger partial charge in [-0.05, 0) is 13.3 Å². The van der Waals surface area contributed by atoms with Crippen LogP contribution in [0.4, 0.5) is 0 Å². The summed E-state index contributed by atoms with van der Waals surface area (Å²) in [4.78, 5) is 28.1. The van der Waals surface area contributed by atoms with Gasteiger partial charge in [-0.2, -0.15) is 0 Å². The molecule has 0 aromatic rings. The van der Waals surface area contributed by atoms with Gasteiger partial charge in [-0.1, -0.05) is 32.6 Å². The Kier molecular flexibility index (Phi) is 11.7. The number of likely N-dealkylation sites (N-methyl/N-ethyl adjacent to an activating group) is 2. The zero-order chi connectivity index (χ0) is 18.6. The summed E-state index contributed by atoms with van der Waals surface area (Å²) < 4.78 is 0.837.